The standard InChI is InChI=1S/C12H16ClN5O/c1-3-5-14-10-9-11(17-12(13)16-10)15-8-18(9)6-4-7-19-2/h3,8H,1,4-7H2,2H3,(H,14,16,17). The molecule has 2 aromatic rings. The third kappa shape index (κ3) is 3.21. The van der Waals surface area contributed by atoms with Crippen LogP contribution in [-0.4, -0.2) is 39.8 Å². The van der Waals surface area contributed by atoms with Crippen LogP contribution in [0.2, 0.25) is 5.28 Å². The van der Waals surface area contributed by atoms with Gasteiger partial charge in [0.2, 0.25) is 5.28 Å². The van der Waals surface area contributed by atoms with Crippen molar-refractivity contribution in [2.75, 3.05) is 25.6 Å². The maximum Gasteiger partial charge on any atom is 0.226 e. The first-order valence-corrected chi connectivity index (χ1v) is 6.36. The third-order valence-electron chi connectivity index (χ3n) is 2.61. The van der Waals surface area contributed by atoms with Gasteiger partial charge in [0, 0.05) is 26.8 Å². The molecule has 0 unspecified atom stereocenters. The Labute approximate surface area is 116 Å². The van der Waals surface area contributed by atoms with Gasteiger partial charge in [-0.15, -0.1) is 6.58 Å². The Morgan fingerprint density at radius 1 is 1.53 bits per heavy atom. The Bertz CT molecular complexity index is 568. The van der Waals surface area contributed by atoms with Gasteiger partial charge in [-0.2, -0.15) is 9.97 Å². The molecular weight excluding hydrogens is 266 g/mol. The van der Waals surface area contributed by atoms with Crippen molar-refractivity contribution < 1.29 is 4.74 Å². The number of nitrogens with one attached hydrogen (secondary N) is 1. The second kappa shape index (κ2) is 6.49. The summed E-state index contributed by atoms with van der Waals surface area (Å²) in [6.45, 7) is 5.76. The Kier molecular flexibility index (Phi) is 4.70. The van der Waals surface area contributed by atoms with Crippen molar-refractivity contribution in [1.82, 2.24) is 19.5 Å². The molecule has 0 spiro atoms. The summed E-state index contributed by atoms with van der Waals surface area (Å²) in [5, 5.41) is 3.33. The molecule has 1 N–H and O–H groups in total. The van der Waals surface area contributed by atoms with Crippen LogP contribution in [0.15, 0.2) is 19.0 Å². The molecule has 7 heteroatoms. The molecule has 0 aliphatic heterocycles. The Hall–Kier alpha value is -1.66. The quantitative estimate of drug-likeness (QED) is 0.478. The lowest BCUT2D eigenvalue weighted by atomic mass is 10.4. The van der Waals surface area contributed by atoms with Crippen LogP contribution in [0, 0.1) is 0 Å². The number of rotatable bonds is 7. The molecule has 2 aromatic heterocycles. The van der Waals surface area contributed by atoms with Crippen molar-refractivity contribution >= 4 is 28.6 Å². The Balaban J connectivity index is 2.34. The average Bonchev–Trinajstić information content (AvgIpc) is 2.79. The van der Waals surface area contributed by atoms with Gasteiger partial charge >= 0.3 is 0 Å². The molecule has 0 saturated heterocycles. The fourth-order valence-corrected chi connectivity index (χ4v) is 1.96. The molecule has 0 fully saturated rings. The number of imidazole rings is 1. The van der Waals surface area contributed by atoms with Crippen molar-refractivity contribution in [3.63, 3.8) is 0 Å². The summed E-state index contributed by atoms with van der Waals surface area (Å²) in [6.07, 6.45) is 4.39. The molecule has 0 radical (unpaired) electrons. The maximum absolute atomic E-state index is 5.88. The van der Waals surface area contributed by atoms with Gasteiger partial charge in [0.25, 0.3) is 0 Å². The lowest BCUT2D eigenvalue weighted by molar-refractivity contribution is 0.190. The van der Waals surface area contributed by atoms with E-state index < -0.39 is 0 Å². The number of methoxy groups -OCH3 is 1. The van der Waals surface area contributed by atoms with E-state index in [0.717, 1.165) is 18.5 Å². The zero-order valence-electron chi connectivity index (χ0n) is 10.8. The second-order valence-corrected chi connectivity index (χ2v) is 4.31. The number of hydrogen-bond donors (Lipinski definition) is 1. The lowest BCUT2D eigenvalue weighted by Gasteiger charge is -2.08. The number of hydrogen-bond acceptors (Lipinski definition) is 5. The number of nitrogens with zero attached hydrogens (tertiary/aromatic N) is 4. The molecular formula is C12H16ClN5O. The van der Waals surface area contributed by atoms with Crippen LogP contribution in [0.3, 0.4) is 0 Å². The van der Waals surface area contributed by atoms with Gasteiger partial charge in [0.15, 0.2) is 11.5 Å². The highest BCUT2D eigenvalue weighted by Crippen LogP contribution is 2.21. The zero-order chi connectivity index (χ0) is 13.7. The monoisotopic (exact) mass is 281 g/mol. The van der Waals surface area contributed by atoms with Crippen LogP contribution in [0.5, 0.6) is 0 Å². The molecule has 102 valence electrons. The first-order chi connectivity index (χ1) is 9.26. The predicted octanol–water partition coefficient (Wildman–Crippen LogP) is 2.11. The van der Waals surface area contributed by atoms with Crippen molar-refractivity contribution in [1.29, 1.82) is 0 Å². The predicted molar refractivity (Wildman–Crippen MR) is 75.5 cm³/mol. The van der Waals surface area contributed by atoms with E-state index in [4.69, 9.17) is 16.3 Å². The summed E-state index contributed by atoms with van der Waals surface area (Å²) in [5.41, 5.74) is 1.44. The van der Waals surface area contributed by atoms with Crippen molar-refractivity contribution in [3.8, 4) is 0 Å². The van der Waals surface area contributed by atoms with E-state index in [1.807, 2.05) is 4.57 Å². The molecule has 0 bridgehead atoms. The van der Waals surface area contributed by atoms with Gasteiger partial charge < -0.3 is 14.6 Å². The molecule has 2 rings (SSSR count). The van der Waals surface area contributed by atoms with E-state index in [9.17, 15) is 0 Å². The molecule has 6 nitrogen and oxygen atoms in total. The average molecular weight is 282 g/mol. The van der Waals surface area contributed by atoms with E-state index in [1.54, 1.807) is 19.5 Å². The van der Waals surface area contributed by atoms with Gasteiger partial charge in [-0.05, 0) is 18.0 Å². The molecule has 0 aliphatic rings. The minimum Gasteiger partial charge on any atom is -0.385 e. The van der Waals surface area contributed by atoms with E-state index in [1.165, 1.54) is 0 Å². The third-order valence-corrected chi connectivity index (χ3v) is 2.78. The number of ether oxygens (including phenoxy) is 1. The van der Waals surface area contributed by atoms with Crippen LogP contribution in [0.4, 0.5) is 5.82 Å². The van der Waals surface area contributed by atoms with E-state index in [0.29, 0.717) is 24.6 Å². The number of halogens is 1. The number of aromatic nitrogens is 4. The van der Waals surface area contributed by atoms with E-state index in [2.05, 4.69) is 26.8 Å². The Morgan fingerprint density at radius 2 is 2.37 bits per heavy atom. The van der Waals surface area contributed by atoms with Crippen molar-refractivity contribution in [2.45, 2.75) is 13.0 Å². The van der Waals surface area contributed by atoms with Crippen LogP contribution in [-0.2, 0) is 11.3 Å². The van der Waals surface area contributed by atoms with E-state index in [-0.39, 0.29) is 5.28 Å². The van der Waals surface area contributed by atoms with Crippen LogP contribution in [0.25, 0.3) is 11.2 Å². The highest BCUT2D eigenvalue weighted by molar-refractivity contribution is 6.28. The first-order valence-electron chi connectivity index (χ1n) is 5.98. The topological polar surface area (TPSA) is 64.9 Å². The molecule has 0 atom stereocenters. The fourth-order valence-electron chi connectivity index (χ4n) is 1.79. The lowest BCUT2D eigenvalue weighted by Crippen LogP contribution is -2.06. The molecule has 2 heterocycles. The number of fused-ring (bicyclic) bond motifs is 1. The molecule has 0 amide bonds. The zero-order valence-corrected chi connectivity index (χ0v) is 11.5. The SMILES string of the molecule is C=CCNc1nc(Cl)nc2ncn(CCCOC)c12. The van der Waals surface area contributed by atoms with Crippen LogP contribution < -0.4 is 5.32 Å². The van der Waals surface area contributed by atoms with Gasteiger partial charge in [-0.3, -0.25) is 0 Å². The molecule has 0 aliphatic carbocycles. The van der Waals surface area contributed by atoms with Crippen molar-refractivity contribution in [3.05, 3.63) is 24.3 Å². The van der Waals surface area contributed by atoms with E-state index >= 15 is 0 Å². The van der Waals surface area contributed by atoms with Gasteiger partial charge in [-0.1, -0.05) is 6.08 Å². The summed E-state index contributed by atoms with van der Waals surface area (Å²) in [6, 6.07) is 0. The summed E-state index contributed by atoms with van der Waals surface area (Å²) < 4.78 is 7.05. The minimum absolute atomic E-state index is 0.182. The number of aryl methyl sites for hydroxylation is 1. The molecule has 0 saturated carbocycles. The highest BCUT2D eigenvalue weighted by atomic mass is 35.5. The van der Waals surface area contributed by atoms with Gasteiger partial charge in [0.1, 0.15) is 5.52 Å². The number of anilines is 1. The molecule has 19 heavy (non-hydrogen) atoms. The van der Waals surface area contributed by atoms with Crippen LogP contribution >= 0.6 is 11.6 Å². The van der Waals surface area contributed by atoms with Gasteiger partial charge in [0.05, 0.1) is 6.33 Å². The highest BCUT2D eigenvalue weighted by Gasteiger charge is 2.12. The second-order valence-electron chi connectivity index (χ2n) is 3.97. The van der Waals surface area contributed by atoms with Crippen LogP contribution in [0.1, 0.15) is 6.42 Å². The largest absolute Gasteiger partial charge is 0.385 e. The van der Waals surface area contributed by atoms with Gasteiger partial charge in [-0.25, -0.2) is 4.98 Å². The minimum atomic E-state index is 0.182. The summed E-state index contributed by atoms with van der Waals surface area (Å²) in [4.78, 5) is 12.6. The smallest absolute Gasteiger partial charge is 0.226 e. The summed E-state index contributed by atoms with van der Waals surface area (Å²) in [5.74, 6) is 0.671. The summed E-state index contributed by atoms with van der Waals surface area (Å²) >= 11 is 5.88. The maximum atomic E-state index is 5.88. The Morgan fingerprint density at radius 3 is 3.11 bits per heavy atom. The fraction of sp³-hybridized carbons (Fsp3) is 0.417. The summed E-state index contributed by atoms with van der Waals surface area (Å²) in [7, 11) is 1.69. The first kappa shape index (κ1) is 13.8. The normalized spacial score (nSPS) is 10.8. The molecule has 0 aromatic carbocycles. The van der Waals surface area contributed by atoms with Crippen molar-refractivity contribution in [2.24, 2.45) is 0 Å².